The van der Waals surface area contributed by atoms with Crippen molar-refractivity contribution in [1.82, 2.24) is 19.9 Å². The molecule has 0 amide bonds. The molecule has 0 aliphatic carbocycles. The molecule has 5 heterocycles. The zero-order valence-corrected chi connectivity index (χ0v) is 30.4. The van der Waals surface area contributed by atoms with Crippen LogP contribution in [-0.4, -0.2) is 34.4 Å². The summed E-state index contributed by atoms with van der Waals surface area (Å²) in [5, 5.41) is 14.0. The van der Waals surface area contributed by atoms with Gasteiger partial charge in [-0.2, -0.15) is 0 Å². The first-order chi connectivity index (χ1) is 25.8. The number of aliphatic hydroxyl groups excluding tert-OH is 2. The second-order valence-corrected chi connectivity index (χ2v) is 11.8. The third-order valence-electron chi connectivity index (χ3n) is 8.86. The fourth-order valence-corrected chi connectivity index (χ4v) is 6.69. The molecule has 0 atom stereocenters. The standard InChI is InChI=1S/C44H28N4.2CH4O.Mn/c1-5-13-29(14-6-1)41-33-21-23-35(45-33)42(30-15-7-2-8-16-30)37-25-27-39(47-37)44(32-19-11-4-12-20-32)40-28-26-38(48-40)43(31-17-9-3-10-18-31)36-24-22-34(41)46-36;2*1-2;/h1-28H;2*2H,1H3;/q-2;;;+2. The Kier molecular flexibility index (Phi) is 11.7. The molecular formula is C46H36MnN4O2. The minimum Gasteiger partial charge on any atom is -0.657 e. The zero-order chi connectivity index (χ0) is 35.9. The molecule has 4 aromatic carbocycles. The maximum absolute atomic E-state index is 7.00. The molecule has 0 spiro atoms. The third-order valence-corrected chi connectivity index (χ3v) is 8.86. The van der Waals surface area contributed by atoms with Crippen LogP contribution in [0.1, 0.15) is 22.8 Å². The van der Waals surface area contributed by atoms with Crippen LogP contribution < -0.4 is 9.97 Å². The van der Waals surface area contributed by atoms with Gasteiger partial charge in [0.25, 0.3) is 0 Å². The maximum Gasteiger partial charge on any atom is 2.00 e. The molecular weight excluding hydrogens is 695 g/mol. The van der Waals surface area contributed by atoms with Gasteiger partial charge in [0.2, 0.25) is 0 Å². The largest absolute Gasteiger partial charge is 2.00 e. The van der Waals surface area contributed by atoms with Crippen molar-refractivity contribution in [3.05, 3.63) is 168 Å². The fraction of sp³-hybridized carbons (Fsp3) is 0.0435. The summed E-state index contributed by atoms with van der Waals surface area (Å²) < 4.78 is 0. The van der Waals surface area contributed by atoms with Gasteiger partial charge in [0.15, 0.2) is 0 Å². The van der Waals surface area contributed by atoms with Gasteiger partial charge in [-0.1, -0.05) is 146 Å². The van der Waals surface area contributed by atoms with Gasteiger partial charge >= 0.3 is 17.1 Å². The first-order valence-corrected chi connectivity index (χ1v) is 17.0. The average molecular weight is 732 g/mol. The van der Waals surface area contributed by atoms with Crippen molar-refractivity contribution in [3.8, 4) is 44.5 Å². The maximum atomic E-state index is 7.00. The monoisotopic (exact) mass is 731 g/mol. The van der Waals surface area contributed by atoms with Crippen LogP contribution in [0.4, 0.5) is 0 Å². The number of benzene rings is 4. The van der Waals surface area contributed by atoms with Gasteiger partial charge < -0.3 is 20.2 Å². The van der Waals surface area contributed by atoms with E-state index in [4.69, 9.17) is 30.1 Å². The van der Waals surface area contributed by atoms with E-state index in [1.54, 1.807) is 0 Å². The van der Waals surface area contributed by atoms with Crippen LogP contribution in [0.25, 0.3) is 90.9 Å². The van der Waals surface area contributed by atoms with Crippen molar-refractivity contribution < 1.29 is 27.3 Å². The van der Waals surface area contributed by atoms with Gasteiger partial charge in [-0.3, -0.25) is 0 Å². The number of aliphatic hydroxyl groups is 2. The van der Waals surface area contributed by atoms with E-state index < -0.39 is 0 Å². The number of nitrogens with zero attached hydrogens (tertiary/aromatic N) is 4. The van der Waals surface area contributed by atoms with Gasteiger partial charge in [0, 0.05) is 14.2 Å². The molecule has 1 radical (unpaired) electrons. The number of fused-ring (bicyclic) bond motifs is 8. The van der Waals surface area contributed by atoms with E-state index in [0.29, 0.717) is 0 Å². The van der Waals surface area contributed by atoms with Gasteiger partial charge in [0.1, 0.15) is 0 Å². The molecule has 7 aromatic rings. The van der Waals surface area contributed by atoms with Crippen molar-refractivity contribution in [2.24, 2.45) is 0 Å². The Labute approximate surface area is 319 Å². The van der Waals surface area contributed by atoms with Crippen LogP contribution in [0, 0.1) is 0 Å². The molecule has 259 valence electrons. The first-order valence-electron chi connectivity index (χ1n) is 17.0. The summed E-state index contributed by atoms with van der Waals surface area (Å²) in [4.78, 5) is 21.2. The molecule has 0 fully saturated rings. The topological polar surface area (TPSA) is 94.4 Å². The number of aromatic nitrogens is 4. The van der Waals surface area contributed by atoms with Crippen LogP contribution in [0.15, 0.2) is 146 Å². The van der Waals surface area contributed by atoms with Crippen LogP contribution in [0.3, 0.4) is 0 Å². The molecule has 7 heteroatoms. The molecule has 0 saturated heterocycles. The molecule has 2 N–H and O–H groups in total. The predicted octanol–water partition coefficient (Wildman–Crippen LogP) is 9.80. The van der Waals surface area contributed by atoms with E-state index in [9.17, 15) is 0 Å². The SMILES string of the molecule is C1=Cc2nc1c(-c1ccccc1)c1ccc([n-]1)c(-c1ccccc1)c1nc(c(-c3ccccc3)c3ccc([n-]3)c2-c2ccccc2)C=C1.CO.CO.[Mn+2]. The second-order valence-electron chi connectivity index (χ2n) is 11.8. The Hall–Kier alpha value is -6.08. The summed E-state index contributed by atoms with van der Waals surface area (Å²) in [5.41, 5.74) is 15.0. The molecule has 3 aromatic heterocycles. The Morgan fingerprint density at radius 2 is 0.528 bits per heavy atom. The molecule has 0 unspecified atom stereocenters. The summed E-state index contributed by atoms with van der Waals surface area (Å²) in [6.45, 7) is 0. The quantitative estimate of drug-likeness (QED) is 0.175. The van der Waals surface area contributed by atoms with E-state index in [2.05, 4.69) is 146 Å². The second kappa shape index (κ2) is 17.0. The number of hydrogen-bond acceptors (Lipinski definition) is 4. The summed E-state index contributed by atoms with van der Waals surface area (Å²) in [7, 11) is 2.00. The Morgan fingerprint density at radius 1 is 0.321 bits per heavy atom. The fourth-order valence-electron chi connectivity index (χ4n) is 6.69. The predicted molar refractivity (Wildman–Crippen MR) is 215 cm³/mol. The molecule has 6 nitrogen and oxygen atoms in total. The smallest absolute Gasteiger partial charge is 0.657 e. The van der Waals surface area contributed by atoms with Crippen LogP contribution in [0.2, 0.25) is 0 Å². The molecule has 2 aliphatic heterocycles. The Bertz CT molecular complexity index is 2190. The minimum absolute atomic E-state index is 0. The van der Waals surface area contributed by atoms with Crippen molar-refractivity contribution in [2.75, 3.05) is 14.2 Å². The van der Waals surface area contributed by atoms with Gasteiger partial charge in [-0.25, -0.2) is 9.97 Å². The summed E-state index contributed by atoms with van der Waals surface area (Å²) in [6, 6.07) is 50.0. The summed E-state index contributed by atoms with van der Waals surface area (Å²) >= 11 is 0. The van der Waals surface area contributed by atoms with Gasteiger partial charge in [-0.05, 0) is 68.8 Å². The minimum atomic E-state index is 0. The Morgan fingerprint density at radius 3 is 0.736 bits per heavy atom. The molecule has 9 rings (SSSR count). The zero-order valence-electron chi connectivity index (χ0n) is 29.2. The van der Waals surface area contributed by atoms with E-state index in [1.807, 2.05) is 24.3 Å². The number of rotatable bonds is 4. The van der Waals surface area contributed by atoms with Crippen molar-refractivity contribution in [1.29, 1.82) is 0 Å². The van der Waals surface area contributed by atoms with Crippen LogP contribution >= 0.6 is 0 Å². The van der Waals surface area contributed by atoms with Crippen molar-refractivity contribution in [3.63, 3.8) is 0 Å². The Balaban J connectivity index is 0.000000931. The summed E-state index contributed by atoms with van der Waals surface area (Å²) in [5.74, 6) is 0. The van der Waals surface area contributed by atoms with E-state index in [0.717, 1.165) is 104 Å². The van der Waals surface area contributed by atoms with Crippen molar-refractivity contribution in [2.45, 2.75) is 0 Å². The first kappa shape index (κ1) is 36.7. The number of hydrogen-bond donors (Lipinski definition) is 2. The summed E-state index contributed by atoms with van der Waals surface area (Å²) in [6.07, 6.45) is 8.41. The normalized spacial score (nSPS) is 11.1. The van der Waals surface area contributed by atoms with Gasteiger partial charge in [0.05, 0.1) is 22.8 Å². The van der Waals surface area contributed by atoms with Crippen LogP contribution in [-0.2, 0) is 17.1 Å². The average Bonchev–Trinajstić information content (AvgIpc) is 4.06. The van der Waals surface area contributed by atoms with Gasteiger partial charge in [-0.15, -0.1) is 22.1 Å². The molecule has 0 saturated carbocycles. The van der Waals surface area contributed by atoms with E-state index in [-0.39, 0.29) is 17.1 Å². The molecule has 8 bridgehead atoms. The van der Waals surface area contributed by atoms with Crippen molar-refractivity contribution >= 4 is 46.4 Å². The molecule has 53 heavy (non-hydrogen) atoms. The third kappa shape index (κ3) is 7.33. The van der Waals surface area contributed by atoms with E-state index >= 15 is 0 Å². The molecule has 2 aliphatic rings. The van der Waals surface area contributed by atoms with E-state index in [1.165, 1.54) is 0 Å². The van der Waals surface area contributed by atoms with Crippen LogP contribution in [0.5, 0.6) is 0 Å².